The number of ether oxygens (including phenoxy) is 2. The number of methoxy groups -OCH3 is 2. The lowest BCUT2D eigenvalue weighted by Gasteiger charge is -2.34. The van der Waals surface area contributed by atoms with Crippen molar-refractivity contribution in [2.45, 2.75) is 55.6 Å². The maximum Gasteiger partial charge on any atom is 0.264 e. The highest BCUT2D eigenvalue weighted by molar-refractivity contribution is 9.10. The first kappa shape index (κ1) is 35.0. The summed E-state index contributed by atoms with van der Waals surface area (Å²) in [5.74, 6) is -0.0327. The van der Waals surface area contributed by atoms with E-state index in [-0.39, 0.29) is 41.2 Å². The smallest absolute Gasteiger partial charge is 0.264 e. The van der Waals surface area contributed by atoms with Gasteiger partial charge in [0, 0.05) is 23.5 Å². The molecule has 1 fully saturated rings. The van der Waals surface area contributed by atoms with E-state index in [2.05, 4.69) is 21.2 Å². The Hall–Kier alpha value is -4.35. The van der Waals surface area contributed by atoms with Gasteiger partial charge in [-0.25, -0.2) is 8.42 Å². The molecular formula is C37H40BrN3O6S. The molecular weight excluding hydrogens is 694 g/mol. The number of hydrogen-bond acceptors (Lipinski definition) is 6. The van der Waals surface area contributed by atoms with E-state index in [4.69, 9.17) is 9.47 Å². The van der Waals surface area contributed by atoms with Gasteiger partial charge in [0.25, 0.3) is 10.0 Å². The van der Waals surface area contributed by atoms with E-state index in [0.717, 1.165) is 45.6 Å². The first-order valence-corrected chi connectivity index (χ1v) is 18.1. The lowest BCUT2D eigenvalue weighted by molar-refractivity contribution is -0.140. The topological polar surface area (TPSA) is 105 Å². The average Bonchev–Trinajstić information content (AvgIpc) is 3.62. The Bertz CT molecular complexity index is 1780. The van der Waals surface area contributed by atoms with Gasteiger partial charge in [-0.3, -0.25) is 13.9 Å². The monoisotopic (exact) mass is 733 g/mol. The molecule has 0 bridgehead atoms. The van der Waals surface area contributed by atoms with Crippen molar-refractivity contribution in [2.75, 3.05) is 25.1 Å². The van der Waals surface area contributed by atoms with Gasteiger partial charge < -0.3 is 19.7 Å². The summed E-state index contributed by atoms with van der Waals surface area (Å²) in [6.07, 6.45) is 4.08. The van der Waals surface area contributed by atoms with Crippen LogP contribution in [-0.4, -0.2) is 58.0 Å². The minimum Gasteiger partial charge on any atom is -0.497 e. The maximum atomic E-state index is 14.7. The van der Waals surface area contributed by atoms with Gasteiger partial charge in [0.15, 0.2) is 0 Å². The van der Waals surface area contributed by atoms with Crippen LogP contribution in [0.25, 0.3) is 0 Å². The van der Waals surface area contributed by atoms with Crippen molar-refractivity contribution < 1.29 is 27.5 Å². The van der Waals surface area contributed by atoms with Gasteiger partial charge in [0.05, 0.1) is 24.8 Å². The Morgan fingerprint density at radius 3 is 2.12 bits per heavy atom. The number of benzene rings is 4. The highest BCUT2D eigenvalue weighted by atomic mass is 79.9. The fourth-order valence-corrected chi connectivity index (χ4v) is 7.62. The van der Waals surface area contributed by atoms with Crippen molar-refractivity contribution in [3.05, 3.63) is 119 Å². The number of para-hydroxylation sites is 2. The second kappa shape index (κ2) is 16.2. The normalized spacial score (nSPS) is 13.8. The SMILES string of the molecule is COc1ccc(S(=O)(=O)N(CC(=O)N(Cc2ccc(Br)cc2)[C@@H](Cc2ccccc2)C(=O)NC2CCCC2)c2ccccc2OC)cc1. The standard InChI is InChI=1S/C37H40BrN3O6S/c1-46-31-20-22-32(23-21-31)48(44,45)41(33-14-8-9-15-35(33)47-2)26-36(42)40(25-28-16-18-29(38)19-17-28)34(24-27-10-4-3-5-11-27)37(43)39-30-12-6-7-13-30/h3-5,8-11,14-23,30,34H,6-7,12-13,24-26H2,1-2H3,(H,39,43)/t34-/m0/s1. The van der Waals surface area contributed by atoms with Gasteiger partial charge in [-0.05, 0) is 72.5 Å². The molecule has 11 heteroatoms. The van der Waals surface area contributed by atoms with Gasteiger partial charge in [-0.15, -0.1) is 0 Å². The molecule has 1 aliphatic rings. The Kier molecular flexibility index (Phi) is 11.8. The molecule has 4 aromatic rings. The molecule has 0 heterocycles. The zero-order chi connectivity index (χ0) is 34.1. The summed E-state index contributed by atoms with van der Waals surface area (Å²) in [6.45, 7) is -0.489. The molecule has 2 amide bonds. The number of carbonyl (C=O) groups excluding carboxylic acids is 2. The second-order valence-electron chi connectivity index (χ2n) is 11.7. The summed E-state index contributed by atoms with van der Waals surface area (Å²) in [6, 6.07) is 28.8. The summed E-state index contributed by atoms with van der Waals surface area (Å²) in [5, 5.41) is 3.20. The second-order valence-corrected chi connectivity index (χ2v) is 14.5. The van der Waals surface area contributed by atoms with Crippen molar-refractivity contribution in [2.24, 2.45) is 0 Å². The van der Waals surface area contributed by atoms with Gasteiger partial charge in [0.1, 0.15) is 24.1 Å². The minimum absolute atomic E-state index is 0.0266. The zero-order valence-electron chi connectivity index (χ0n) is 27.0. The Morgan fingerprint density at radius 2 is 1.48 bits per heavy atom. The average molecular weight is 735 g/mol. The molecule has 0 aliphatic heterocycles. The highest BCUT2D eigenvalue weighted by Gasteiger charge is 2.36. The third-order valence-electron chi connectivity index (χ3n) is 8.52. The molecule has 0 unspecified atom stereocenters. The number of sulfonamides is 1. The number of anilines is 1. The van der Waals surface area contributed by atoms with Crippen molar-refractivity contribution in [1.29, 1.82) is 0 Å². The number of hydrogen-bond donors (Lipinski definition) is 1. The molecule has 4 aromatic carbocycles. The van der Waals surface area contributed by atoms with Crippen LogP contribution in [0, 0.1) is 0 Å². The maximum absolute atomic E-state index is 14.7. The Balaban J connectivity index is 1.58. The van der Waals surface area contributed by atoms with Gasteiger partial charge >= 0.3 is 0 Å². The number of halogens is 1. The lowest BCUT2D eigenvalue weighted by atomic mass is 10.0. The van der Waals surface area contributed by atoms with Crippen LogP contribution >= 0.6 is 15.9 Å². The van der Waals surface area contributed by atoms with Crippen LogP contribution in [0.2, 0.25) is 0 Å². The lowest BCUT2D eigenvalue weighted by Crippen LogP contribution is -2.54. The molecule has 0 radical (unpaired) electrons. The van der Waals surface area contributed by atoms with E-state index >= 15 is 0 Å². The van der Waals surface area contributed by atoms with Crippen LogP contribution < -0.4 is 19.1 Å². The van der Waals surface area contributed by atoms with Crippen LogP contribution in [0.4, 0.5) is 5.69 Å². The molecule has 252 valence electrons. The molecule has 1 aliphatic carbocycles. The molecule has 0 saturated heterocycles. The van der Waals surface area contributed by atoms with Crippen LogP contribution in [0.5, 0.6) is 11.5 Å². The first-order chi connectivity index (χ1) is 23.2. The number of amides is 2. The summed E-state index contributed by atoms with van der Waals surface area (Å²) in [5.41, 5.74) is 1.87. The van der Waals surface area contributed by atoms with Crippen molar-refractivity contribution >= 4 is 43.5 Å². The minimum atomic E-state index is -4.30. The zero-order valence-corrected chi connectivity index (χ0v) is 29.5. The quantitative estimate of drug-likeness (QED) is 0.162. The van der Waals surface area contributed by atoms with Gasteiger partial charge in [-0.2, -0.15) is 0 Å². The van der Waals surface area contributed by atoms with Crippen LogP contribution in [-0.2, 0) is 32.6 Å². The molecule has 1 atom stereocenters. The van der Waals surface area contributed by atoms with E-state index in [1.165, 1.54) is 31.3 Å². The molecule has 5 rings (SSSR count). The largest absolute Gasteiger partial charge is 0.497 e. The van der Waals surface area contributed by atoms with E-state index in [1.54, 1.807) is 36.4 Å². The third-order valence-corrected chi connectivity index (χ3v) is 10.8. The third kappa shape index (κ3) is 8.56. The fraction of sp³-hybridized carbons (Fsp3) is 0.297. The van der Waals surface area contributed by atoms with Crippen molar-refractivity contribution in [3.8, 4) is 11.5 Å². The Morgan fingerprint density at radius 1 is 0.833 bits per heavy atom. The predicted octanol–water partition coefficient (Wildman–Crippen LogP) is 6.36. The van der Waals surface area contributed by atoms with Crippen LogP contribution in [0.1, 0.15) is 36.8 Å². The predicted molar refractivity (Wildman–Crippen MR) is 190 cm³/mol. The van der Waals surface area contributed by atoms with E-state index in [0.29, 0.717) is 5.75 Å². The first-order valence-electron chi connectivity index (χ1n) is 15.9. The summed E-state index contributed by atoms with van der Waals surface area (Å²) >= 11 is 3.47. The van der Waals surface area contributed by atoms with E-state index in [9.17, 15) is 18.0 Å². The molecule has 48 heavy (non-hydrogen) atoms. The molecule has 1 saturated carbocycles. The van der Waals surface area contributed by atoms with E-state index < -0.39 is 28.5 Å². The van der Waals surface area contributed by atoms with Crippen LogP contribution in [0.15, 0.2) is 112 Å². The van der Waals surface area contributed by atoms with Crippen molar-refractivity contribution in [1.82, 2.24) is 10.2 Å². The number of nitrogens with one attached hydrogen (secondary N) is 1. The van der Waals surface area contributed by atoms with Gasteiger partial charge in [0.2, 0.25) is 11.8 Å². The summed E-state index contributed by atoms with van der Waals surface area (Å²) in [4.78, 5) is 30.4. The summed E-state index contributed by atoms with van der Waals surface area (Å²) in [7, 11) is -1.35. The Labute approximate surface area is 291 Å². The van der Waals surface area contributed by atoms with Crippen molar-refractivity contribution in [3.63, 3.8) is 0 Å². The molecule has 0 spiro atoms. The van der Waals surface area contributed by atoms with Crippen LogP contribution in [0.3, 0.4) is 0 Å². The number of rotatable bonds is 14. The molecule has 0 aromatic heterocycles. The number of nitrogens with zero attached hydrogens (tertiary/aromatic N) is 2. The number of carbonyl (C=O) groups is 2. The molecule has 9 nitrogen and oxygen atoms in total. The highest BCUT2D eigenvalue weighted by Crippen LogP contribution is 2.33. The molecule has 1 N–H and O–H groups in total. The van der Waals surface area contributed by atoms with E-state index in [1.807, 2.05) is 54.6 Å². The van der Waals surface area contributed by atoms with Gasteiger partial charge in [-0.1, -0.05) is 83.4 Å². The fourth-order valence-electron chi connectivity index (χ4n) is 5.93. The summed E-state index contributed by atoms with van der Waals surface area (Å²) < 4.78 is 41.4.